The van der Waals surface area contributed by atoms with Crippen LogP contribution in [0, 0.1) is 0 Å². The fraction of sp³-hybridized carbons (Fsp3) is 0.938. The summed E-state index contributed by atoms with van der Waals surface area (Å²) in [5, 5.41) is -0.165. The average Bonchev–Trinajstić information content (AvgIpc) is 2.33. The van der Waals surface area contributed by atoms with Crippen molar-refractivity contribution in [3.8, 4) is 0 Å². The van der Waals surface area contributed by atoms with Gasteiger partial charge in [-0.25, -0.2) is 8.78 Å². The second-order valence-electron chi connectivity index (χ2n) is 6.28. The number of hydrogen-bond donors (Lipinski definition) is 0. The molecule has 0 heterocycles. The fourth-order valence-electron chi connectivity index (χ4n) is 1.84. The van der Waals surface area contributed by atoms with Gasteiger partial charge in [-0.3, -0.25) is 4.79 Å². The molecule has 0 saturated heterocycles. The molecule has 0 amide bonds. The quantitative estimate of drug-likeness (QED) is 0.373. The van der Waals surface area contributed by atoms with Crippen molar-refractivity contribution in [1.29, 1.82) is 0 Å². The Labute approximate surface area is 132 Å². The normalized spacial score (nSPS) is 13.5. The topological polar surface area (TPSA) is 26.3 Å². The highest BCUT2D eigenvalue weighted by Gasteiger charge is 2.25. The minimum Gasteiger partial charge on any atom is -0.459 e. The summed E-state index contributed by atoms with van der Waals surface area (Å²) in [7, 11) is 0. The Kier molecular flexibility index (Phi) is 11.1. The molecule has 0 rings (SSSR count). The molecule has 0 aromatic rings. The van der Waals surface area contributed by atoms with Crippen molar-refractivity contribution < 1.29 is 18.3 Å². The minimum atomic E-state index is -2.22. The van der Waals surface area contributed by atoms with Crippen molar-refractivity contribution in [2.24, 2.45) is 0 Å². The third-order valence-corrected chi connectivity index (χ3v) is 4.23. The summed E-state index contributed by atoms with van der Waals surface area (Å²) >= 11 is 1.55. The molecule has 0 aliphatic rings. The minimum absolute atomic E-state index is 0.0481. The van der Waals surface area contributed by atoms with Gasteiger partial charge in [-0.2, -0.15) is 0 Å². The molecule has 0 N–H and O–H groups in total. The van der Waals surface area contributed by atoms with Crippen molar-refractivity contribution in [2.45, 2.75) is 89.9 Å². The zero-order valence-electron chi connectivity index (χ0n) is 13.8. The van der Waals surface area contributed by atoms with E-state index < -0.39 is 12.0 Å². The van der Waals surface area contributed by atoms with E-state index in [1.807, 2.05) is 20.8 Å². The van der Waals surface area contributed by atoms with Crippen molar-refractivity contribution in [3.63, 3.8) is 0 Å². The van der Waals surface area contributed by atoms with Crippen LogP contribution in [0.15, 0.2) is 0 Å². The lowest BCUT2D eigenvalue weighted by molar-refractivity contribution is -0.154. The summed E-state index contributed by atoms with van der Waals surface area (Å²) in [6, 6.07) is 0. The van der Waals surface area contributed by atoms with E-state index in [1.165, 1.54) is 0 Å². The molecule has 0 aromatic carbocycles. The van der Waals surface area contributed by atoms with E-state index in [4.69, 9.17) is 4.74 Å². The van der Waals surface area contributed by atoms with E-state index in [0.717, 1.165) is 37.9 Å². The number of alkyl halides is 2. The van der Waals surface area contributed by atoms with Gasteiger partial charge in [-0.15, -0.1) is 11.8 Å². The number of halogens is 2. The second-order valence-corrected chi connectivity index (χ2v) is 7.59. The highest BCUT2D eigenvalue weighted by Crippen LogP contribution is 2.23. The largest absolute Gasteiger partial charge is 0.459 e. The van der Waals surface area contributed by atoms with Crippen LogP contribution in [-0.2, 0) is 9.53 Å². The van der Waals surface area contributed by atoms with Crippen LogP contribution < -0.4 is 0 Å². The molecule has 1 unspecified atom stereocenters. The summed E-state index contributed by atoms with van der Waals surface area (Å²) in [6.45, 7) is 7.71. The van der Waals surface area contributed by atoms with Crippen LogP contribution in [-0.4, -0.2) is 29.0 Å². The number of thioether (sulfide) groups is 1. The lowest BCUT2D eigenvalue weighted by Crippen LogP contribution is -2.30. The molecule has 0 aliphatic heterocycles. The van der Waals surface area contributed by atoms with E-state index >= 15 is 0 Å². The molecule has 0 radical (unpaired) electrons. The first-order chi connectivity index (χ1) is 9.76. The molecule has 0 saturated carbocycles. The average molecular weight is 324 g/mol. The van der Waals surface area contributed by atoms with Crippen molar-refractivity contribution in [2.75, 3.05) is 5.75 Å². The molecule has 126 valence electrons. The Morgan fingerprint density at radius 2 is 1.71 bits per heavy atom. The van der Waals surface area contributed by atoms with Crippen LogP contribution in [0.3, 0.4) is 0 Å². The van der Waals surface area contributed by atoms with Gasteiger partial charge in [0.15, 0.2) is 0 Å². The van der Waals surface area contributed by atoms with Gasteiger partial charge in [0.1, 0.15) is 10.9 Å². The summed E-state index contributed by atoms with van der Waals surface area (Å²) in [5.41, 5.74) is -0.476. The number of unbranched alkanes of at least 4 members (excludes halogenated alkanes) is 3. The van der Waals surface area contributed by atoms with E-state index in [2.05, 4.69) is 6.92 Å². The van der Waals surface area contributed by atoms with Crippen molar-refractivity contribution in [1.82, 2.24) is 0 Å². The van der Waals surface area contributed by atoms with Crippen LogP contribution >= 0.6 is 11.8 Å². The molecule has 0 bridgehead atoms. The third kappa shape index (κ3) is 13.1. The van der Waals surface area contributed by atoms with Gasteiger partial charge in [-0.1, -0.05) is 26.2 Å². The molecule has 0 aliphatic carbocycles. The van der Waals surface area contributed by atoms with Crippen LogP contribution in [0.1, 0.15) is 72.6 Å². The predicted octanol–water partition coefficient (Wildman–Crippen LogP) is 5.45. The lowest BCUT2D eigenvalue weighted by Gasteiger charge is -2.23. The van der Waals surface area contributed by atoms with E-state index in [1.54, 1.807) is 11.8 Å². The molecule has 0 fully saturated rings. The van der Waals surface area contributed by atoms with Crippen LogP contribution in [0.25, 0.3) is 0 Å². The van der Waals surface area contributed by atoms with Gasteiger partial charge >= 0.3 is 5.97 Å². The molecule has 21 heavy (non-hydrogen) atoms. The molecule has 5 heteroatoms. The van der Waals surface area contributed by atoms with Crippen LogP contribution in [0.4, 0.5) is 8.78 Å². The number of esters is 1. The standard InChI is InChI=1S/C16H30F2O2S/c1-5-6-7-10-13(15(19)20-16(2,3)4)21-12-9-8-11-14(17)18/h13-14H,5-12H2,1-4H3. The highest BCUT2D eigenvalue weighted by molar-refractivity contribution is 8.00. The number of carbonyl (C=O) groups excluding carboxylic acids is 1. The first kappa shape index (κ1) is 20.7. The van der Waals surface area contributed by atoms with Gasteiger partial charge in [0, 0.05) is 6.42 Å². The van der Waals surface area contributed by atoms with E-state index in [-0.39, 0.29) is 17.6 Å². The van der Waals surface area contributed by atoms with E-state index in [0.29, 0.717) is 6.42 Å². The molecule has 0 spiro atoms. The first-order valence-corrected chi connectivity index (χ1v) is 8.93. The lowest BCUT2D eigenvalue weighted by atomic mass is 10.1. The Bertz CT molecular complexity index is 278. The smallest absolute Gasteiger partial charge is 0.319 e. The Hall–Kier alpha value is -0.320. The zero-order chi connectivity index (χ0) is 16.3. The van der Waals surface area contributed by atoms with Gasteiger partial charge in [0.25, 0.3) is 0 Å². The maximum absolute atomic E-state index is 12.2. The Morgan fingerprint density at radius 1 is 1.10 bits per heavy atom. The monoisotopic (exact) mass is 324 g/mol. The van der Waals surface area contributed by atoms with Crippen LogP contribution in [0.2, 0.25) is 0 Å². The van der Waals surface area contributed by atoms with Gasteiger partial charge in [-0.05, 0) is 45.8 Å². The number of rotatable bonds is 11. The Balaban J connectivity index is 4.16. The summed E-state index contributed by atoms with van der Waals surface area (Å²) in [6.07, 6.45) is 3.00. The molecular weight excluding hydrogens is 294 g/mol. The van der Waals surface area contributed by atoms with Gasteiger partial charge in [0.2, 0.25) is 6.43 Å². The third-order valence-electron chi connectivity index (χ3n) is 2.88. The molecule has 0 aromatic heterocycles. The van der Waals surface area contributed by atoms with Gasteiger partial charge in [0.05, 0.1) is 0 Å². The fourth-order valence-corrected chi connectivity index (χ4v) is 3.02. The molecule has 1 atom stereocenters. The second kappa shape index (κ2) is 11.3. The molecular formula is C16H30F2O2S. The number of carbonyl (C=O) groups is 1. The summed E-state index contributed by atoms with van der Waals surface area (Å²) < 4.78 is 29.6. The summed E-state index contributed by atoms with van der Waals surface area (Å²) in [4.78, 5) is 12.2. The van der Waals surface area contributed by atoms with Crippen LogP contribution in [0.5, 0.6) is 0 Å². The molecule has 2 nitrogen and oxygen atoms in total. The first-order valence-electron chi connectivity index (χ1n) is 7.89. The van der Waals surface area contributed by atoms with Gasteiger partial charge < -0.3 is 4.74 Å². The van der Waals surface area contributed by atoms with Crippen molar-refractivity contribution >= 4 is 17.7 Å². The van der Waals surface area contributed by atoms with E-state index in [9.17, 15) is 13.6 Å². The highest BCUT2D eigenvalue weighted by atomic mass is 32.2. The SMILES string of the molecule is CCCCCC(SCCCCC(F)F)C(=O)OC(C)(C)C. The maximum atomic E-state index is 12.2. The zero-order valence-corrected chi connectivity index (χ0v) is 14.6. The van der Waals surface area contributed by atoms with Crippen molar-refractivity contribution in [3.05, 3.63) is 0 Å². The summed E-state index contributed by atoms with van der Waals surface area (Å²) in [5.74, 6) is 0.570. The predicted molar refractivity (Wildman–Crippen MR) is 86.1 cm³/mol. The number of ether oxygens (including phenoxy) is 1. The Morgan fingerprint density at radius 3 is 2.24 bits per heavy atom. The number of hydrogen-bond acceptors (Lipinski definition) is 3. The maximum Gasteiger partial charge on any atom is 0.319 e.